The summed E-state index contributed by atoms with van der Waals surface area (Å²) in [6, 6.07) is -2.61. The second kappa shape index (κ2) is 2.70. The summed E-state index contributed by atoms with van der Waals surface area (Å²) < 4.78 is 51.1. The van der Waals surface area contributed by atoms with Crippen LogP contribution in [0.4, 0.5) is 0 Å². The highest BCUT2D eigenvalue weighted by Gasteiger charge is 1.84. The number of benzene rings is 1. The van der Waals surface area contributed by atoms with Crippen molar-refractivity contribution < 1.29 is 9.60 Å². The Bertz CT molecular complexity index is 447. The van der Waals surface area contributed by atoms with Crippen LogP contribution in [0.2, 0.25) is 5.02 Å². The predicted molar refractivity (Wildman–Crippen MR) is 41.5 cm³/mol. The molecule has 0 atom stereocenters. The van der Waals surface area contributed by atoms with Crippen molar-refractivity contribution in [1.82, 2.24) is 0 Å². The molecule has 1 aromatic carbocycles. The largest absolute Gasteiger partial charge is 0.0985 e. The third-order valence-corrected chi connectivity index (χ3v) is 0.908. The standard InChI is InChI=1S/C8H7Cl/c1-2-7-3-5-8(9)6-4-7/h2-6H,1H2/i1D2,2D,3D,4D,5D,6D. The summed E-state index contributed by atoms with van der Waals surface area (Å²) in [5, 5.41) is -0.330. The number of rotatable bonds is 1. The molecule has 1 heteroatoms. The van der Waals surface area contributed by atoms with Gasteiger partial charge in [0, 0.05) is 5.02 Å². The zero-order valence-electron chi connectivity index (χ0n) is 11.4. The van der Waals surface area contributed by atoms with Crippen molar-refractivity contribution in [1.29, 1.82) is 0 Å². The van der Waals surface area contributed by atoms with Crippen molar-refractivity contribution >= 4 is 17.7 Å². The summed E-state index contributed by atoms with van der Waals surface area (Å²) in [6.45, 7) is -0.872. The Morgan fingerprint density at radius 1 is 1.67 bits per heavy atom. The van der Waals surface area contributed by atoms with E-state index in [1.165, 1.54) is 0 Å². The molecule has 0 fully saturated rings. The monoisotopic (exact) mass is 145 g/mol. The topological polar surface area (TPSA) is 0 Å². The molecule has 0 heterocycles. The van der Waals surface area contributed by atoms with Crippen LogP contribution in [0.25, 0.3) is 6.05 Å². The Morgan fingerprint density at radius 3 is 2.89 bits per heavy atom. The Labute approximate surface area is 69.6 Å². The van der Waals surface area contributed by atoms with Crippen LogP contribution in [-0.2, 0) is 0 Å². The van der Waals surface area contributed by atoms with Gasteiger partial charge in [-0.15, -0.1) is 0 Å². The van der Waals surface area contributed by atoms with Crippen LogP contribution in [0, 0.1) is 0 Å². The molecule has 0 aromatic heterocycles. The van der Waals surface area contributed by atoms with E-state index < -0.39 is 36.8 Å². The molecule has 0 aliphatic rings. The fourth-order valence-corrected chi connectivity index (χ4v) is 0.454. The lowest BCUT2D eigenvalue weighted by Crippen LogP contribution is -1.67. The molecule has 9 heavy (non-hydrogen) atoms. The highest BCUT2D eigenvalue weighted by Crippen LogP contribution is 2.09. The molecule has 0 saturated carbocycles. The predicted octanol–water partition coefficient (Wildman–Crippen LogP) is 2.98. The van der Waals surface area contributed by atoms with Crippen LogP contribution in [0.3, 0.4) is 0 Å². The molecule has 0 aliphatic carbocycles. The first kappa shape index (κ1) is 1.86. The number of halogens is 1. The number of hydrogen-bond donors (Lipinski definition) is 0. The molecule has 0 spiro atoms. The fourth-order valence-electron chi connectivity index (χ4n) is 0.360. The lowest BCUT2D eigenvalue weighted by atomic mass is 10.2. The third-order valence-electron chi connectivity index (χ3n) is 0.719. The molecule has 0 saturated heterocycles. The summed E-state index contributed by atoms with van der Waals surface area (Å²) in [7, 11) is 0. The van der Waals surface area contributed by atoms with Gasteiger partial charge in [-0.25, -0.2) is 0 Å². The molecule has 0 radical (unpaired) electrons. The molecule has 0 N–H and O–H groups in total. The average Bonchev–Trinajstić information content (AvgIpc) is 2.23. The lowest BCUT2D eigenvalue weighted by molar-refractivity contribution is 1.66. The van der Waals surface area contributed by atoms with E-state index in [4.69, 9.17) is 21.2 Å². The minimum absolute atomic E-state index is 0.330. The van der Waals surface area contributed by atoms with E-state index >= 15 is 0 Å². The molecule has 0 unspecified atom stereocenters. The molecule has 1 rings (SSSR count). The molecule has 0 amide bonds. The maximum Gasteiger partial charge on any atom is 0.0639 e. The highest BCUT2D eigenvalue weighted by molar-refractivity contribution is 6.30. The van der Waals surface area contributed by atoms with Gasteiger partial charge in [0.05, 0.1) is 9.60 Å². The normalized spacial score (nSPS) is 19.4. The van der Waals surface area contributed by atoms with Gasteiger partial charge >= 0.3 is 0 Å². The number of hydrogen-bond acceptors (Lipinski definition) is 0. The molecule has 0 aliphatic heterocycles. The van der Waals surface area contributed by atoms with Crippen LogP contribution in [0.1, 0.15) is 15.2 Å². The SMILES string of the molecule is [2H]C([2H])=C([2H])c1c([2H])c([2H])c(Cl)c([2H])c1[2H]. The van der Waals surface area contributed by atoms with E-state index in [0.29, 0.717) is 0 Å². The van der Waals surface area contributed by atoms with E-state index in [1.807, 2.05) is 0 Å². The first-order valence-corrected chi connectivity index (χ1v) is 2.57. The van der Waals surface area contributed by atoms with E-state index in [2.05, 4.69) is 0 Å². The molecule has 46 valence electrons. The maximum absolute atomic E-state index is 7.50. The maximum atomic E-state index is 7.50. The average molecular weight is 146 g/mol. The third kappa shape index (κ3) is 1.58. The van der Waals surface area contributed by atoms with Crippen molar-refractivity contribution in [3.05, 3.63) is 41.3 Å². The summed E-state index contributed by atoms with van der Waals surface area (Å²) in [5.41, 5.74) is -0.376. The second-order valence-corrected chi connectivity index (χ2v) is 1.69. The zero-order chi connectivity index (χ0) is 12.6. The van der Waals surface area contributed by atoms with E-state index in [-0.39, 0.29) is 10.6 Å². The summed E-state index contributed by atoms with van der Waals surface area (Å²) in [4.78, 5) is 0. The zero-order valence-corrected chi connectivity index (χ0v) is 5.13. The quantitative estimate of drug-likeness (QED) is 0.570. The van der Waals surface area contributed by atoms with Gasteiger partial charge in [0.1, 0.15) is 0 Å². The van der Waals surface area contributed by atoms with Crippen molar-refractivity contribution in [2.75, 3.05) is 0 Å². The van der Waals surface area contributed by atoms with E-state index in [1.54, 1.807) is 0 Å². The first-order chi connectivity index (χ1) is 7.29. The van der Waals surface area contributed by atoms with Crippen LogP contribution in [0.15, 0.2) is 30.7 Å². The Morgan fingerprint density at radius 2 is 2.33 bits per heavy atom. The van der Waals surface area contributed by atoms with Crippen molar-refractivity contribution in [3.63, 3.8) is 0 Å². The fraction of sp³-hybridized carbons (Fsp3) is 0. The highest BCUT2D eigenvalue weighted by atomic mass is 35.5. The van der Waals surface area contributed by atoms with E-state index in [9.17, 15) is 0 Å². The lowest BCUT2D eigenvalue weighted by Gasteiger charge is -1.89. The van der Waals surface area contributed by atoms with Gasteiger partial charge in [0.2, 0.25) is 0 Å². The Hall–Kier alpha value is -0.750. The Balaban J connectivity index is 3.72. The minimum atomic E-state index is -0.872. The van der Waals surface area contributed by atoms with Crippen molar-refractivity contribution in [3.8, 4) is 0 Å². The van der Waals surface area contributed by atoms with Gasteiger partial charge in [0.25, 0.3) is 0 Å². The first-order valence-electron chi connectivity index (χ1n) is 5.69. The summed E-state index contributed by atoms with van der Waals surface area (Å²) >= 11 is 5.56. The minimum Gasteiger partial charge on any atom is -0.0985 e. The van der Waals surface area contributed by atoms with Crippen LogP contribution in [0.5, 0.6) is 0 Å². The summed E-state index contributed by atoms with van der Waals surface area (Å²) in [5.74, 6) is 0. The smallest absolute Gasteiger partial charge is 0.0639 e. The molecular formula is C8H7Cl. The van der Waals surface area contributed by atoms with Gasteiger partial charge in [-0.2, -0.15) is 0 Å². The molecule has 0 bridgehead atoms. The van der Waals surface area contributed by atoms with Crippen molar-refractivity contribution in [2.24, 2.45) is 0 Å². The van der Waals surface area contributed by atoms with Gasteiger partial charge in [-0.1, -0.05) is 36.3 Å². The second-order valence-electron chi connectivity index (χ2n) is 1.31. The van der Waals surface area contributed by atoms with Gasteiger partial charge < -0.3 is 0 Å². The van der Waals surface area contributed by atoms with Crippen LogP contribution >= 0.6 is 11.6 Å². The molecular weight excluding hydrogens is 132 g/mol. The van der Waals surface area contributed by atoms with Crippen LogP contribution in [-0.4, -0.2) is 0 Å². The van der Waals surface area contributed by atoms with E-state index in [0.717, 1.165) is 0 Å². The summed E-state index contributed by atoms with van der Waals surface area (Å²) in [6.07, 6.45) is 0. The molecule has 1 aromatic rings. The van der Waals surface area contributed by atoms with Crippen LogP contribution < -0.4 is 0 Å². The van der Waals surface area contributed by atoms with Gasteiger partial charge in [0.15, 0.2) is 0 Å². The molecule has 0 nitrogen and oxygen atoms in total. The Kier molecular flexibility index (Phi) is 0.558. The van der Waals surface area contributed by atoms with Gasteiger partial charge in [-0.05, 0) is 17.6 Å². The van der Waals surface area contributed by atoms with Gasteiger partial charge in [-0.3, -0.25) is 0 Å². The van der Waals surface area contributed by atoms with Crippen molar-refractivity contribution in [2.45, 2.75) is 0 Å².